The lowest BCUT2D eigenvalue weighted by molar-refractivity contribution is 0.0891. The van der Waals surface area contributed by atoms with Crippen LogP contribution >= 0.6 is 0 Å². The highest BCUT2D eigenvalue weighted by Crippen LogP contribution is 2.37. The number of anilines is 1. The summed E-state index contributed by atoms with van der Waals surface area (Å²) in [5.41, 5.74) is 0.0924. The van der Waals surface area contributed by atoms with Crippen LogP contribution in [0.2, 0.25) is 0 Å². The molecule has 9 nitrogen and oxygen atoms in total. The Balaban J connectivity index is 1.47. The first-order valence-corrected chi connectivity index (χ1v) is 12.3. The summed E-state index contributed by atoms with van der Waals surface area (Å²) in [5, 5.41) is 7.07. The standard InChI is InChI=1S/C23H26N4O5S/c1-3-31-19-10-8-18(9-11-19)27-33(29,30)20-12-6-17(7-13-20)21(28)25-23(14-4-5-15-23)22-24-16(2)32-26-22/h6-13,27H,3-5,14-15H2,1-2H3,(H,25,28). The molecule has 2 aromatic carbocycles. The van der Waals surface area contributed by atoms with Crippen LogP contribution in [-0.2, 0) is 15.6 Å². The van der Waals surface area contributed by atoms with Crippen molar-refractivity contribution in [3.63, 3.8) is 0 Å². The molecule has 1 fully saturated rings. The van der Waals surface area contributed by atoms with Crippen LogP contribution in [0, 0.1) is 6.92 Å². The van der Waals surface area contributed by atoms with E-state index in [4.69, 9.17) is 9.26 Å². The molecule has 1 aliphatic carbocycles. The van der Waals surface area contributed by atoms with Crippen molar-refractivity contribution in [3.05, 3.63) is 65.8 Å². The van der Waals surface area contributed by atoms with Gasteiger partial charge in [0, 0.05) is 18.2 Å². The number of aryl methyl sites for hydroxylation is 1. The number of carbonyl (C=O) groups excluding carboxylic acids is 1. The topological polar surface area (TPSA) is 123 Å². The van der Waals surface area contributed by atoms with E-state index in [0.29, 0.717) is 35.3 Å². The molecule has 3 aromatic rings. The maximum absolute atomic E-state index is 12.9. The number of amides is 1. The number of hydrogen-bond donors (Lipinski definition) is 2. The minimum Gasteiger partial charge on any atom is -0.494 e. The predicted octanol–water partition coefficient (Wildman–Crippen LogP) is 3.78. The Hall–Kier alpha value is -3.40. The number of ether oxygens (including phenoxy) is 1. The number of sulfonamides is 1. The van der Waals surface area contributed by atoms with Crippen LogP contribution in [-0.4, -0.2) is 31.1 Å². The van der Waals surface area contributed by atoms with Crippen LogP contribution in [0.5, 0.6) is 5.75 Å². The Morgan fingerprint density at radius 2 is 1.76 bits per heavy atom. The molecule has 33 heavy (non-hydrogen) atoms. The van der Waals surface area contributed by atoms with Crippen LogP contribution in [0.1, 0.15) is 54.7 Å². The molecule has 1 heterocycles. The van der Waals surface area contributed by atoms with Crippen molar-refractivity contribution in [3.8, 4) is 5.75 Å². The van der Waals surface area contributed by atoms with Gasteiger partial charge in [0.2, 0.25) is 5.89 Å². The van der Waals surface area contributed by atoms with E-state index >= 15 is 0 Å². The third-order valence-corrected chi connectivity index (χ3v) is 7.01. The zero-order valence-electron chi connectivity index (χ0n) is 18.5. The van der Waals surface area contributed by atoms with Gasteiger partial charge >= 0.3 is 0 Å². The van der Waals surface area contributed by atoms with Gasteiger partial charge in [0.15, 0.2) is 5.82 Å². The molecule has 0 bridgehead atoms. The molecule has 1 aromatic heterocycles. The van der Waals surface area contributed by atoms with Crippen LogP contribution in [0.3, 0.4) is 0 Å². The van der Waals surface area contributed by atoms with Gasteiger partial charge in [-0.2, -0.15) is 4.98 Å². The minimum atomic E-state index is -3.81. The summed E-state index contributed by atoms with van der Waals surface area (Å²) in [5.74, 6) is 1.26. The lowest BCUT2D eigenvalue weighted by Crippen LogP contribution is -2.44. The molecule has 10 heteroatoms. The monoisotopic (exact) mass is 470 g/mol. The first-order chi connectivity index (χ1) is 15.8. The minimum absolute atomic E-state index is 0.0531. The third-order valence-electron chi connectivity index (χ3n) is 5.61. The fourth-order valence-electron chi connectivity index (χ4n) is 3.95. The number of carbonyl (C=O) groups is 1. The van der Waals surface area contributed by atoms with Gasteiger partial charge in [0.05, 0.1) is 11.5 Å². The zero-order chi connectivity index (χ0) is 23.5. The van der Waals surface area contributed by atoms with Gasteiger partial charge < -0.3 is 14.6 Å². The van der Waals surface area contributed by atoms with Gasteiger partial charge in [-0.05, 0) is 68.3 Å². The number of hydrogen-bond acceptors (Lipinski definition) is 7. The molecule has 0 unspecified atom stereocenters. The average molecular weight is 471 g/mol. The molecule has 174 valence electrons. The van der Waals surface area contributed by atoms with E-state index in [2.05, 4.69) is 20.2 Å². The van der Waals surface area contributed by atoms with E-state index in [9.17, 15) is 13.2 Å². The average Bonchev–Trinajstić information content (AvgIpc) is 3.45. The second-order valence-electron chi connectivity index (χ2n) is 7.97. The molecule has 4 rings (SSSR count). The quantitative estimate of drug-likeness (QED) is 0.513. The zero-order valence-corrected chi connectivity index (χ0v) is 19.3. The Morgan fingerprint density at radius 1 is 1.09 bits per heavy atom. The second-order valence-corrected chi connectivity index (χ2v) is 9.65. The second kappa shape index (κ2) is 9.22. The molecular weight excluding hydrogens is 444 g/mol. The highest BCUT2D eigenvalue weighted by atomic mass is 32.2. The summed E-state index contributed by atoms with van der Waals surface area (Å²) in [7, 11) is -3.81. The smallest absolute Gasteiger partial charge is 0.261 e. The lowest BCUT2D eigenvalue weighted by Gasteiger charge is -2.26. The van der Waals surface area contributed by atoms with E-state index in [0.717, 1.165) is 25.7 Å². The molecule has 2 N–H and O–H groups in total. The van der Waals surface area contributed by atoms with Crippen LogP contribution in [0.4, 0.5) is 5.69 Å². The highest BCUT2D eigenvalue weighted by Gasteiger charge is 2.41. The number of nitrogens with zero attached hydrogens (tertiary/aromatic N) is 2. The van der Waals surface area contributed by atoms with Crippen LogP contribution < -0.4 is 14.8 Å². The maximum atomic E-state index is 12.9. The fraction of sp³-hybridized carbons (Fsp3) is 0.348. The van der Waals surface area contributed by atoms with Crippen LogP contribution in [0.15, 0.2) is 57.9 Å². The van der Waals surface area contributed by atoms with Crippen molar-refractivity contribution in [2.24, 2.45) is 0 Å². The van der Waals surface area contributed by atoms with Crippen molar-refractivity contribution in [1.82, 2.24) is 15.5 Å². The molecule has 1 amide bonds. The number of aromatic nitrogens is 2. The summed E-state index contributed by atoms with van der Waals surface area (Å²) >= 11 is 0. The Kier molecular flexibility index (Phi) is 6.37. The van der Waals surface area contributed by atoms with Crippen molar-refractivity contribution < 1.29 is 22.5 Å². The Bertz CT molecular complexity index is 1210. The molecule has 0 radical (unpaired) electrons. The maximum Gasteiger partial charge on any atom is 0.261 e. The summed E-state index contributed by atoms with van der Waals surface area (Å²) in [6, 6.07) is 12.4. The van der Waals surface area contributed by atoms with Gasteiger partial charge in [-0.25, -0.2) is 8.42 Å². The fourth-order valence-corrected chi connectivity index (χ4v) is 5.01. The van der Waals surface area contributed by atoms with E-state index in [-0.39, 0.29) is 10.8 Å². The van der Waals surface area contributed by atoms with Crippen LogP contribution in [0.25, 0.3) is 0 Å². The van der Waals surface area contributed by atoms with Crippen molar-refractivity contribution >= 4 is 21.6 Å². The van der Waals surface area contributed by atoms with E-state index < -0.39 is 15.6 Å². The van der Waals surface area contributed by atoms with Crippen molar-refractivity contribution in [1.29, 1.82) is 0 Å². The van der Waals surface area contributed by atoms with Gasteiger partial charge in [0.25, 0.3) is 15.9 Å². The number of nitrogens with one attached hydrogen (secondary N) is 2. The van der Waals surface area contributed by atoms with Gasteiger partial charge in [-0.3, -0.25) is 9.52 Å². The largest absolute Gasteiger partial charge is 0.494 e. The number of benzene rings is 2. The van der Waals surface area contributed by atoms with Gasteiger partial charge in [-0.15, -0.1) is 0 Å². The molecule has 0 saturated heterocycles. The van der Waals surface area contributed by atoms with Crippen molar-refractivity contribution in [2.75, 3.05) is 11.3 Å². The van der Waals surface area contributed by atoms with E-state index in [1.807, 2.05) is 6.92 Å². The van der Waals surface area contributed by atoms with E-state index in [1.54, 1.807) is 31.2 Å². The van der Waals surface area contributed by atoms with Gasteiger partial charge in [0.1, 0.15) is 11.3 Å². The van der Waals surface area contributed by atoms with Crippen molar-refractivity contribution in [2.45, 2.75) is 50.0 Å². The van der Waals surface area contributed by atoms with E-state index in [1.165, 1.54) is 24.3 Å². The molecule has 0 aliphatic heterocycles. The normalized spacial score (nSPS) is 15.2. The Labute approximate surface area is 192 Å². The SMILES string of the molecule is CCOc1ccc(NS(=O)(=O)c2ccc(C(=O)NC3(c4noc(C)n4)CCCC3)cc2)cc1. The lowest BCUT2D eigenvalue weighted by atomic mass is 9.96. The summed E-state index contributed by atoms with van der Waals surface area (Å²) in [4.78, 5) is 17.3. The number of rotatable bonds is 8. The first-order valence-electron chi connectivity index (χ1n) is 10.8. The first kappa shape index (κ1) is 22.8. The molecule has 1 aliphatic rings. The molecule has 0 atom stereocenters. The predicted molar refractivity (Wildman–Crippen MR) is 122 cm³/mol. The molecule has 0 spiro atoms. The summed E-state index contributed by atoms with van der Waals surface area (Å²) in [6.45, 7) is 4.11. The Morgan fingerprint density at radius 3 is 2.33 bits per heavy atom. The highest BCUT2D eigenvalue weighted by molar-refractivity contribution is 7.92. The molecular formula is C23H26N4O5S. The van der Waals surface area contributed by atoms with Gasteiger partial charge in [-0.1, -0.05) is 18.0 Å². The summed E-state index contributed by atoms with van der Waals surface area (Å²) < 4.78 is 38.5. The summed E-state index contributed by atoms with van der Waals surface area (Å²) in [6.07, 6.45) is 3.33. The molecule has 1 saturated carbocycles. The third kappa shape index (κ3) is 5.00.